The lowest BCUT2D eigenvalue weighted by Gasteiger charge is -2.29. The summed E-state index contributed by atoms with van der Waals surface area (Å²) in [6, 6.07) is 15.3. The topological polar surface area (TPSA) is 69.0 Å². The Bertz CT molecular complexity index is 1110. The molecule has 188 valence electrons. The minimum atomic E-state index is -1.00. The molecule has 0 saturated carbocycles. The molecule has 1 aromatic heterocycles. The number of methoxy groups -OCH3 is 2. The van der Waals surface area contributed by atoms with Crippen LogP contribution in [0, 0.1) is 0 Å². The molecule has 0 fully saturated rings. The summed E-state index contributed by atoms with van der Waals surface area (Å²) in [5, 5.41) is 15.6. The largest absolute Gasteiger partial charge is 0.497 e. The quantitative estimate of drug-likeness (QED) is 0.331. The lowest BCUT2D eigenvalue weighted by atomic mass is 10.1. The third-order valence-corrected chi connectivity index (χ3v) is 5.85. The van der Waals surface area contributed by atoms with Crippen molar-refractivity contribution in [2.45, 2.75) is 45.8 Å². The van der Waals surface area contributed by atoms with E-state index >= 15 is 0 Å². The van der Waals surface area contributed by atoms with Crippen LogP contribution in [0.3, 0.4) is 0 Å². The van der Waals surface area contributed by atoms with Gasteiger partial charge in [-0.15, -0.1) is 6.58 Å². The van der Waals surface area contributed by atoms with E-state index in [1.807, 2.05) is 53.2 Å². The molecule has 7 heteroatoms. The molecular weight excluding hydrogens is 442 g/mol. The van der Waals surface area contributed by atoms with Gasteiger partial charge < -0.3 is 19.3 Å². The van der Waals surface area contributed by atoms with Crippen LogP contribution in [-0.4, -0.2) is 52.7 Å². The zero-order chi connectivity index (χ0) is 25.4. The van der Waals surface area contributed by atoms with Gasteiger partial charge in [-0.05, 0) is 62.7 Å². The first-order chi connectivity index (χ1) is 16.8. The highest BCUT2D eigenvalue weighted by Gasteiger charge is 2.26. The van der Waals surface area contributed by atoms with Crippen molar-refractivity contribution in [3.05, 3.63) is 72.4 Å². The van der Waals surface area contributed by atoms with Crippen LogP contribution in [-0.2, 0) is 13.0 Å². The molecule has 0 amide bonds. The molecule has 0 aliphatic heterocycles. The van der Waals surface area contributed by atoms with Crippen molar-refractivity contribution in [2.75, 3.05) is 27.3 Å². The second-order valence-corrected chi connectivity index (χ2v) is 8.72. The van der Waals surface area contributed by atoms with Gasteiger partial charge in [-0.2, -0.15) is 5.10 Å². The van der Waals surface area contributed by atoms with Crippen LogP contribution in [0.5, 0.6) is 23.1 Å². The molecule has 0 radical (unpaired) electrons. The number of aromatic nitrogens is 2. The van der Waals surface area contributed by atoms with Crippen LogP contribution in [0.4, 0.5) is 0 Å². The highest BCUT2D eigenvalue weighted by molar-refractivity contribution is 5.48. The molecule has 0 unspecified atom stereocenters. The Labute approximate surface area is 208 Å². The third-order valence-electron chi connectivity index (χ3n) is 5.85. The monoisotopic (exact) mass is 479 g/mol. The summed E-state index contributed by atoms with van der Waals surface area (Å²) >= 11 is 0. The van der Waals surface area contributed by atoms with Gasteiger partial charge in [0.1, 0.15) is 5.75 Å². The Morgan fingerprint density at radius 2 is 1.74 bits per heavy atom. The Balaban J connectivity index is 2.13. The van der Waals surface area contributed by atoms with Gasteiger partial charge in [0.2, 0.25) is 5.88 Å². The Morgan fingerprint density at radius 1 is 1.06 bits per heavy atom. The maximum absolute atomic E-state index is 10.7. The summed E-state index contributed by atoms with van der Waals surface area (Å²) in [6.07, 6.45) is 3.27. The number of aryl methyl sites for hydroxylation is 1. The average Bonchev–Trinajstić information content (AvgIpc) is 3.21. The van der Waals surface area contributed by atoms with E-state index in [-0.39, 0.29) is 0 Å². The number of aliphatic hydroxyl groups is 1. The summed E-state index contributed by atoms with van der Waals surface area (Å²) in [5.74, 6) is 2.63. The first kappa shape index (κ1) is 26.3. The van der Waals surface area contributed by atoms with E-state index < -0.39 is 5.60 Å². The molecule has 3 rings (SSSR count). The average molecular weight is 480 g/mol. The molecule has 1 heterocycles. The summed E-state index contributed by atoms with van der Waals surface area (Å²) < 4.78 is 19.2. The zero-order valence-corrected chi connectivity index (χ0v) is 21.5. The number of hydrogen-bond acceptors (Lipinski definition) is 6. The van der Waals surface area contributed by atoms with Crippen LogP contribution >= 0.6 is 0 Å². The molecule has 0 bridgehead atoms. The van der Waals surface area contributed by atoms with Crippen LogP contribution in [0.2, 0.25) is 0 Å². The number of hydrogen-bond donors (Lipinski definition) is 1. The maximum atomic E-state index is 10.7. The Kier molecular flexibility index (Phi) is 8.95. The summed E-state index contributed by atoms with van der Waals surface area (Å²) in [6.45, 7) is 11.6. The zero-order valence-electron chi connectivity index (χ0n) is 21.5. The molecule has 1 atom stereocenters. The fourth-order valence-corrected chi connectivity index (χ4v) is 4.00. The molecule has 0 aliphatic carbocycles. The predicted molar refractivity (Wildman–Crippen MR) is 139 cm³/mol. The van der Waals surface area contributed by atoms with Gasteiger partial charge in [-0.1, -0.05) is 32.1 Å². The van der Waals surface area contributed by atoms with Gasteiger partial charge in [-0.25, -0.2) is 4.68 Å². The van der Waals surface area contributed by atoms with Crippen LogP contribution in [0.25, 0.3) is 5.69 Å². The fraction of sp³-hybridized carbons (Fsp3) is 0.393. The minimum absolute atomic E-state index is 0.454. The van der Waals surface area contributed by atoms with Gasteiger partial charge >= 0.3 is 0 Å². The van der Waals surface area contributed by atoms with Crippen LogP contribution in [0.1, 0.15) is 38.4 Å². The van der Waals surface area contributed by atoms with E-state index in [1.165, 1.54) is 0 Å². The Morgan fingerprint density at radius 3 is 2.31 bits per heavy atom. The number of ether oxygens (including phenoxy) is 3. The normalized spacial score (nSPS) is 12.9. The van der Waals surface area contributed by atoms with Crippen LogP contribution < -0.4 is 14.2 Å². The lowest BCUT2D eigenvalue weighted by molar-refractivity contribution is 0.0584. The van der Waals surface area contributed by atoms with E-state index in [9.17, 15) is 5.11 Å². The number of rotatable bonds is 13. The molecule has 3 aromatic rings. The maximum Gasteiger partial charge on any atom is 0.227 e. The van der Waals surface area contributed by atoms with E-state index in [0.29, 0.717) is 30.5 Å². The van der Waals surface area contributed by atoms with Gasteiger partial charge in [0.25, 0.3) is 0 Å². The van der Waals surface area contributed by atoms with Crippen molar-refractivity contribution < 1.29 is 19.3 Å². The van der Waals surface area contributed by atoms with E-state index in [0.717, 1.165) is 42.1 Å². The molecule has 1 N–H and O–H groups in total. The fourth-order valence-electron chi connectivity index (χ4n) is 4.00. The van der Waals surface area contributed by atoms with Crippen molar-refractivity contribution >= 4 is 0 Å². The molecular formula is C28H37N3O4. The van der Waals surface area contributed by atoms with E-state index in [1.54, 1.807) is 27.2 Å². The van der Waals surface area contributed by atoms with E-state index in [2.05, 4.69) is 25.3 Å². The highest BCUT2D eigenvalue weighted by Crippen LogP contribution is 2.36. The molecule has 0 spiro atoms. The van der Waals surface area contributed by atoms with E-state index in [4.69, 9.17) is 19.3 Å². The standard InChI is InChI=1S/C28H37N3O4/c1-7-18-30(20-28(4,32)9-3)19-23-24(8-2)29-31(21-14-16-22(33-5)17-15-21)27(23)35-26-13-11-10-12-25(26)34-6/h9-17,32H,3,7-8,18-20H2,1-2,4-6H3/t28-/m0/s1. The molecule has 35 heavy (non-hydrogen) atoms. The Hall–Kier alpha value is -3.29. The van der Waals surface area contributed by atoms with Crippen LogP contribution in [0.15, 0.2) is 61.2 Å². The van der Waals surface area contributed by atoms with Gasteiger partial charge in [0.15, 0.2) is 11.5 Å². The molecule has 0 saturated heterocycles. The second kappa shape index (κ2) is 11.9. The number of nitrogens with zero attached hydrogens (tertiary/aromatic N) is 3. The lowest BCUT2D eigenvalue weighted by Crippen LogP contribution is -2.39. The van der Waals surface area contributed by atoms with Crippen molar-refractivity contribution in [1.29, 1.82) is 0 Å². The van der Waals surface area contributed by atoms with Gasteiger partial charge in [0, 0.05) is 13.1 Å². The predicted octanol–water partition coefficient (Wildman–Crippen LogP) is 5.39. The molecule has 2 aromatic carbocycles. The summed E-state index contributed by atoms with van der Waals surface area (Å²) in [5.41, 5.74) is 1.77. The summed E-state index contributed by atoms with van der Waals surface area (Å²) in [4.78, 5) is 2.21. The first-order valence-electron chi connectivity index (χ1n) is 12.0. The third kappa shape index (κ3) is 6.44. The van der Waals surface area contributed by atoms with Gasteiger partial charge in [-0.3, -0.25) is 4.90 Å². The smallest absolute Gasteiger partial charge is 0.227 e. The highest BCUT2D eigenvalue weighted by atomic mass is 16.5. The minimum Gasteiger partial charge on any atom is -0.497 e. The number of benzene rings is 2. The van der Waals surface area contributed by atoms with Crippen molar-refractivity contribution in [3.63, 3.8) is 0 Å². The first-order valence-corrected chi connectivity index (χ1v) is 12.0. The summed E-state index contributed by atoms with van der Waals surface area (Å²) in [7, 11) is 3.27. The second-order valence-electron chi connectivity index (χ2n) is 8.72. The SMILES string of the molecule is C=C[C@](C)(O)CN(CCC)Cc1c(CC)nn(-c2ccc(OC)cc2)c1Oc1ccccc1OC. The van der Waals surface area contributed by atoms with Crippen molar-refractivity contribution in [2.24, 2.45) is 0 Å². The number of para-hydroxylation sites is 2. The molecule has 0 aliphatic rings. The van der Waals surface area contributed by atoms with Crippen molar-refractivity contribution in [1.82, 2.24) is 14.7 Å². The van der Waals surface area contributed by atoms with Crippen molar-refractivity contribution in [3.8, 4) is 28.8 Å². The molecule has 7 nitrogen and oxygen atoms in total. The van der Waals surface area contributed by atoms with Gasteiger partial charge in [0.05, 0.1) is 36.8 Å².